The molecular formula is C16H14N2O3S2. The Bertz CT molecular complexity index is 797. The summed E-state index contributed by atoms with van der Waals surface area (Å²) in [5.41, 5.74) is 1.30. The molecule has 7 heteroatoms. The number of fused-ring (bicyclic) bond motifs is 1. The van der Waals surface area contributed by atoms with Crippen molar-refractivity contribution in [2.24, 2.45) is 0 Å². The Labute approximate surface area is 140 Å². The predicted octanol–water partition coefficient (Wildman–Crippen LogP) is 4.10. The number of carbonyl (C=O) groups is 1. The maximum atomic E-state index is 12.2. The molecular weight excluding hydrogens is 332 g/mol. The summed E-state index contributed by atoms with van der Waals surface area (Å²) in [7, 11) is 0. The average molecular weight is 346 g/mol. The molecule has 4 rings (SSSR count). The summed E-state index contributed by atoms with van der Waals surface area (Å²) in [6, 6.07) is 5.79. The Morgan fingerprint density at radius 2 is 2.22 bits per heavy atom. The topological polar surface area (TPSA) is 65.2 Å². The molecule has 0 bridgehead atoms. The van der Waals surface area contributed by atoms with Crippen LogP contribution in [0.4, 0.5) is 0 Å². The van der Waals surface area contributed by atoms with E-state index in [0.717, 1.165) is 17.7 Å². The van der Waals surface area contributed by atoms with Gasteiger partial charge in [-0.2, -0.15) is 0 Å². The number of aromatic nitrogens is 2. The number of ether oxygens (including phenoxy) is 1. The van der Waals surface area contributed by atoms with Crippen molar-refractivity contribution in [1.82, 2.24) is 10.2 Å². The Kier molecular flexibility index (Phi) is 3.97. The van der Waals surface area contributed by atoms with Gasteiger partial charge in [-0.05, 0) is 48.8 Å². The number of nitrogens with zero attached hydrogens (tertiary/aromatic N) is 2. The van der Waals surface area contributed by atoms with Gasteiger partial charge in [-0.15, -0.1) is 32.9 Å². The Morgan fingerprint density at radius 3 is 3.04 bits per heavy atom. The van der Waals surface area contributed by atoms with Crippen LogP contribution in [0.5, 0.6) is 0 Å². The van der Waals surface area contributed by atoms with Crippen LogP contribution in [0.25, 0.3) is 10.8 Å². The first-order valence-corrected chi connectivity index (χ1v) is 9.14. The molecule has 0 amide bonds. The molecule has 23 heavy (non-hydrogen) atoms. The van der Waals surface area contributed by atoms with Crippen LogP contribution in [-0.2, 0) is 24.2 Å². The van der Waals surface area contributed by atoms with Crippen LogP contribution in [-0.4, -0.2) is 16.2 Å². The minimum absolute atomic E-state index is 0.000223. The minimum atomic E-state index is -0.319. The summed E-state index contributed by atoms with van der Waals surface area (Å²) in [5.74, 6) is 0.445. The lowest BCUT2D eigenvalue weighted by Crippen LogP contribution is -2.03. The molecule has 1 aliphatic rings. The van der Waals surface area contributed by atoms with Crippen LogP contribution in [0.3, 0.4) is 0 Å². The third-order valence-corrected chi connectivity index (χ3v) is 5.80. The van der Waals surface area contributed by atoms with Crippen molar-refractivity contribution in [2.45, 2.75) is 32.3 Å². The maximum Gasteiger partial charge on any atom is 0.348 e. The molecule has 0 atom stereocenters. The van der Waals surface area contributed by atoms with Crippen molar-refractivity contribution < 1.29 is 13.9 Å². The molecule has 0 aromatic carbocycles. The maximum absolute atomic E-state index is 12.2. The summed E-state index contributed by atoms with van der Waals surface area (Å²) in [4.78, 5) is 15.1. The zero-order valence-corrected chi connectivity index (χ0v) is 13.9. The highest BCUT2D eigenvalue weighted by atomic mass is 32.1. The molecule has 5 nitrogen and oxygen atoms in total. The number of rotatable bonds is 4. The van der Waals surface area contributed by atoms with Gasteiger partial charge in [-0.1, -0.05) is 6.07 Å². The number of esters is 1. The normalized spacial score (nSPS) is 13.7. The molecule has 0 unspecified atom stereocenters. The Balaban J connectivity index is 1.41. The summed E-state index contributed by atoms with van der Waals surface area (Å²) >= 11 is 3.07. The van der Waals surface area contributed by atoms with Crippen molar-refractivity contribution in [3.63, 3.8) is 0 Å². The number of hydrogen-bond acceptors (Lipinski definition) is 7. The monoisotopic (exact) mass is 346 g/mol. The van der Waals surface area contributed by atoms with Gasteiger partial charge in [-0.25, -0.2) is 4.79 Å². The minimum Gasteiger partial charge on any atom is -0.451 e. The van der Waals surface area contributed by atoms with Crippen LogP contribution in [0, 0.1) is 0 Å². The van der Waals surface area contributed by atoms with Gasteiger partial charge < -0.3 is 9.15 Å². The molecule has 0 N–H and O–H groups in total. The third kappa shape index (κ3) is 3.07. The number of carbonyl (C=O) groups excluding carboxylic acids is 1. The molecule has 3 aromatic heterocycles. The van der Waals surface area contributed by atoms with E-state index in [2.05, 4.69) is 10.2 Å². The molecule has 0 aliphatic heterocycles. The van der Waals surface area contributed by atoms with Crippen LogP contribution in [0.15, 0.2) is 28.0 Å². The highest BCUT2D eigenvalue weighted by Gasteiger charge is 2.19. The first kappa shape index (κ1) is 14.6. The molecule has 0 fully saturated rings. The summed E-state index contributed by atoms with van der Waals surface area (Å²) in [6.45, 7) is -0.000223. The smallest absolute Gasteiger partial charge is 0.348 e. The van der Waals surface area contributed by atoms with E-state index in [4.69, 9.17) is 9.15 Å². The van der Waals surface area contributed by atoms with Gasteiger partial charge in [0.25, 0.3) is 11.8 Å². The van der Waals surface area contributed by atoms with Crippen LogP contribution in [0.1, 0.15) is 38.8 Å². The molecule has 3 heterocycles. The van der Waals surface area contributed by atoms with Crippen LogP contribution in [0.2, 0.25) is 0 Å². The van der Waals surface area contributed by atoms with Gasteiger partial charge in [0, 0.05) is 4.88 Å². The van der Waals surface area contributed by atoms with E-state index >= 15 is 0 Å². The molecule has 0 radical (unpaired) electrons. The van der Waals surface area contributed by atoms with Crippen LogP contribution < -0.4 is 0 Å². The van der Waals surface area contributed by atoms with Crippen molar-refractivity contribution in [3.8, 4) is 10.8 Å². The first-order chi connectivity index (χ1) is 11.3. The predicted molar refractivity (Wildman–Crippen MR) is 87.7 cm³/mol. The lowest BCUT2D eigenvalue weighted by Gasteiger charge is -2.08. The summed E-state index contributed by atoms with van der Waals surface area (Å²) in [6.07, 6.45) is 4.54. The van der Waals surface area contributed by atoms with E-state index in [0.29, 0.717) is 16.7 Å². The third-order valence-electron chi connectivity index (χ3n) is 3.72. The molecule has 118 valence electrons. The second kappa shape index (κ2) is 6.25. The van der Waals surface area contributed by atoms with Gasteiger partial charge in [0.05, 0.1) is 4.88 Å². The van der Waals surface area contributed by atoms with E-state index in [9.17, 15) is 4.79 Å². The van der Waals surface area contributed by atoms with Gasteiger partial charge in [-0.3, -0.25) is 0 Å². The number of aryl methyl sites for hydroxylation is 2. The van der Waals surface area contributed by atoms with E-state index in [1.54, 1.807) is 11.3 Å². The fraction of sp³-hybridized carbons (Fsp3) is 0.312. The van der Waals surface area contributed by atoms with Gasteiger partial charge >= 0.3 is 5.97 Å². The standard InChI is InChI=1S/C16H14N2O3S2/c19-16(13-8-10-4-1-2-5-11(10)23-13)20-9-14-17-18-15(21-14)12-6-3-7-22-12/h3,6-8H,1-2,4-5,9H2. The van der Waals surface area contributed by atoms with Crippen molar-refractivity contribution in [2.75, 3.05) is 0 Å². The molecule has 0 spiro atoms. The summed E-state index contributed by atoms with van der Waals surface area (Å²) in [5, 5.41) is 9.83. The Hall–Kier alpha value is -1.99. The SMILES string of the molecule is O=C(OCc1nnc(-c2cccs2)o1)c1cc2c(s1)CCCC2. The number of hydrogen-bond donors (Lipinski definition) is 0. The molecule has 0 saturated heterocycles. The van der Waals surface area contributed by atoms with E-state index in [1.807, 2.05) is 23.6 Å². The zero-order chi connectivity index (χ0) is 15.6. The fourth-order valence-electron chi connectivity index (χ4n) is 2.60. The lowest BCUT2D eigenvalue weighted by molar-refractivity contribution is 0.0444. The van der Waals surface area contributed by atoms with Crippen LogP contribution >= 0.6 is 22.7 Å². The second-order valence-electron chi connectivity index (χ2n) is 5.32. The molecule has 3 aromatic rings. The highest BCUT2D eigenvalue weighted by Crippen LogP contribution is 2.30. The molecule has 1 aliphatic carbocycles. The first-order valence-electron chi connectivity index (χ1n) is 7.44. The van der Waals surface area contributed by atoms with E-state index in [1.165, 1.54) is 34.6 Å². The van der Waals surface area contributed by atoms with E-state index < -0.39 is 0 Å². The van der Waals surface area contributed by atoms with Gasteiger partial charge in [0.15, 0.2) is 6.61 Å². The van der Waals surface area contributed by atoms with Crippen molar-refractivity contribution >= 4 is 28.6 Å². The van der Waals surface area contributed by atoms with Crippen molar-refractivity contribution in [3.05, 3.63) is 44.8 Å². The van der Waals surface area contributed by atoms with Crippen molar-refractivity contribution in [1.29, 1.82) is 0 Å². The van der Waals surface area contributed by atoms with Gasteiger partial charge in [0.1, 0.15) is 4.88 Å². The lowest BCUT2D eigenvalue weighted by atomic mass is 9.99. The van der Waals surface area contributed by atoms with E-state index in [-0.39, 0.29) is 12.6 Å². The highest BCUT2D eigenvalue weighted by molar-refractivity contribution is 7.14. The second-order valence-corrected chi connectivity index (χ2v) is 7.41. The largest absolute Gasteiger partial charge is 0.451 e. The molecule has 0 saturated carbocycles. The summed E-state index contributed by atoms with van der Waals surface area (Å²) < 4.78 is 10.8. The van der Waals surface area contributed by atoms with Gasteiger partial charge in [0.2, 0.25) is 0 Å². The Morgan fingerprint density at radius 1 is 1.30 bits per heavy atom. The average Bonchev–Trinajstić information content (AvgIpc) is 3.31. The zero-order valence-electron chi connectivity index (χ0n) is 12.3. The number of thiophene rings is 2. The fourth-order valence-corrected chi connectivity index (χ4v) is 4.39. The quantitative estimate of drug-likeness (QED) is 0.666.